The largest absolute Gasteiger partial charge is 0.315 e. The summed E-state index contributed by atoms with van der Waals surface area (Å²) >= 11 is 2.08. The van der Waals surface area contributed by atoms with Crippen molar-refractivity contribution in [1.29, 1.82) is 0 Å². The molecular formula is C10H17NS. The summed E-state index contributed by atoms with van der Waals surface area (Å²) in [5, 5.41) is 3.45. The van der Waals surface area contributed by atoms with Gasteiger partial charge in [-0.05, 0) is 37.3 Å². The molecule has 1 aliphatic heterocycles. The highest BCUT2D eigenvalue weighted by Gasteiger charge is 2.13. The minimum Gasteiger partial charge on any atom is -0.315 e. The highest BCUT2D eigenvalue weighted by Crippen LogP contribution is 2.22. The molecule has 1 saturated heterocycles. The van der Waals surface area contributed by atoms with Gasteiger partial charge < -0.3 is 5.32 Å². The van der Waals surface area contributed by atoms with E-state index in [2.05, 4.69) is 28.9 Å². The number of nitrogens with one attached hydrogen (secondary N) is 1. The van der Waals surface area contributed by atoms with Gasteiger partial charge in [0.2, 0.25) is 0 Å². The summed E-state index contributed by atoms with van der Waals surface area (Å²) in [6, 6.07) is 0. The fraction of sp³-hybridized carbons (Fsp3) is 0.800. The van der Waals surface area contributed by atoms with Crippen LogP contribution in [0.2, 0.25) is 0 Å². The van der Waals surface area contributed by atoms with Crippen LogP contribution in [0.4, 0.5) is 0 Å². The lowest BCUT2D eigenvalue weighted by Gasteiger charge is -2.07. The van der Waals surface area contributed by atoms with Crippen LogP contribution in [0.25, 0.3) is 0 Å². The Balaban J connectivity index is 1.90. The molecule has 0 bridgehead atoms. The highest BCUT2D eigenvalue weighted by molar-refractivity contribution is 7.99. The Labute approximate surface area is 79.7 Å². The van der Waals surface area contributed by atoms with Crippen molar-refractivity contribution in [3.8, 4) is 11.8 Å². The van der Waals surface area contributed by atoms with Crippen molar-refractivity contribution in [2.75, 3.05) is 24.6 Å². The molecule has 0 aromatic heterocycles. The van der Waals surface area contributed by atoms with E-state index in [4.69, 9.17) is 0 Å². The first-order valence-corrected chi connectivity index (χ1v) is 5.77. The van der Waals surface area contributed by atoms with Crippen molar-refractivity contribution < 1.29 is 0 Å². The fourth-order valence-corrected chi connectivity index (χ4v) is 2.61. The average molecular weight is 183 g/mol. The van der Waals surface area contributed by atoms with E-state index in [-0.39, 0.29) is 0 Å². The molecule has 0 aliphatic carbocycles. The molecule has 68 valence electrons. The zero-order valence-electron chi connectivity index (χ0n) is 7.73. The van der Waals surface area contributed by atoms with E-state index in [0.29, 0.717) is 0 Å². The van der Waals surface area contributed by atoms with Crippen LogP contribution in [0, 0.1) is 17.8 Å². The smallest absolute Gasteiger partial charge is 0.0214 e. The van der Waals surface area contributed by atoms with E-state index in [1.165, 1.54) is 24.5 Å². The van der Waals surface area contributed by atoms with Crippen LogP contribution in [-0.4, -0.2) is 24.6 Å². The molecule has 12 heavy (non-hydrogen) atoms. The molecule has 1 nitrogen and oxygen atoms in total. The summed E-state index contributed by atoms with van der Waals surface area (Å²) in [7, 11) is 0. The predicted molar refractivity (Wildman–Crippen MR) is 56.4 cm³/mol. The Hall–Kier alpha value is -0.130. The normalized spacial score (nSPS) is 21.9. The maximum absolute atomic E-state index is 3.45. The van der Waals surface area contributed by atoms with Gasteiger partial charge in [0.1, 0.15) is 0 Å². The van der Waals surface area contributed by atoms with Gasteiger partial charge in [-0.3, -0.25) is 0 Å². The second kappa shape index (κ2) is 6.39. The first-order chi connectivity index (χ1) is 5.93. The SMILES string of the molecule is CC#CCCNCC1CCSC1. The molecular weight excluding hydrogens is 166 g/mol. The highest BCUT2D eigenvalue weighted by atomic mass is 32.2. The molecule has 0 saturated carbocycles. The van der Waals surface area contributed by atoms with Gasteiger partial charge in [-0.1, -0.05) is 0 Å². The van der Waals surface area contributed by atoms with E-state index in [0.717, 1.165) is 18.9 Å². The quantitative estimate of drug-likeness (QED) is 0.526. The Morgan fingerprint density at radius 2 is 2.50 bits per heavy atom. The number of thioether (sulfide) groups is 1. The third kappa shape index (κ3) is 4.04. The summed E-state index contributed by atoms with van der Waals surface area (Å²) in [5.74, 6) is 9.59. The van der Waals surface area contributed by atoms with Crippen LogP contribution >= 0.6 is 11.8 Å². The molecule has 1 N–H and O–H groups in total. The minimum atomic E-state index is 0.921. The van der Waals surface area contributed by atoms with E-state index in [1.54, 1.807) is 0 Å². The Morgan fingerprint density at radius 3 is 3.17 bits per heavy atom. The number of rotatable bonds is 4. The maximum Gasteiger partial charge on any atom is 0.0214 e. The van der Waals surface area contributed by atoms with Gasteiger partial charge in [0.05, 0.1) is 0 Å². The number of hydrogen-bond donors (Lipinski definition) is 1. The van der Waals surface area contributed by atoms with Crippen molar-refractivity contribution in [1.82, 2.24) is 5.32 Å². The first-order valence-electron chi connectivity index (χ1n) is 4.61. The van der Waals surface area contributed by atoms with Crippen LogP contribution < -0.4 is 5.32 Å². The van der Waals surface area contributed by atoms with E-state index < -0.39 is 0 Å². The zero-order valence-corrected chi connectivity index (χ0v) is 8.54. The van der Waals surface area contributed by atoms with Crippen molar-refractivity contribution in [2.45, 2.75) is 19.8 Å². The van der Waals surface area contributed by atoms with Crippen LogP contribution in [0.15, 0.2) is 0 Å². The van der Waals surface area contributed by atoms with Crippen LogP contribution in [0.5, 0.6) is 0 Å². The molecule has 1 unspecified atom stereocenters. The Morgan fingerprint density at radius 1 is 1.58 bits per heavy atom. The van der Waals surface area contributed by atoms with Gasteiger partial charge >= 0.3 is 0 Å². The summed E-state index contributed by atoms with van der Waals surface area (Å²) in [5.41, 5.74) is 0. The van der Waals surface area contributed by atoms with Gasteiger partial charge in [0.25, 0.3) is 0 Å². The lowest BCUT2D eigenvalue weighted by Crippen LogP contribution is -2.23. The summed E-state index contributed by atoms with van der Waals surface area (Å²) in [4.78, 5) is 0. The molecule has 0 amide bonds. The van der Waals surface area contributed by atoms with Crippen molar-refractivity contribution >= 4 is 11.8 Å². The molecule has 0 radical (unpaired) electrons. The Kier molecular flexibility index (Phi) is 5.30. The lowest BCUT2D eigenvalue weighted by molar-refractivity contribution is 0.529. The Bertz CT molecular complexity index is 162. The van der Waals surface area contributed by atoms with Crippen molar-refractivity contribution in [3.05, 3.63) is 0 Å². The second-order valence-electron chi connectivity index (χ2n) is 3.11. The van der Waals surface area contributed by atoms with Gasteiger partial charge in [-0.2, -0.15) is 11.8 Å². The molecule has 1 heterocycles. The van der Waals surface area contributed by atoms with Gasteiger partial charge in [0.15, 0.2) is 0 Å². The number of hydrogen-bond acceptors (Lipinski definition) is 2. The van der Waals surface area contributed by atoms with Gasteiger partial charge in [0, 0.05) is 13.0 Å². The van der Waals surface area contributed by atoms with Crippen LogP contribution in [-0.2, 0) is 0 Å². The molecule has 0 aromatic rings. The molecule has 1 rings (SSSR count). The van der Waals surface area contributed by atoms with E-state index in [9.17, 15) is 0 Å². The molecule has 1 aliphatic rings. The van der Waals surface area contributed by atoms with Crippen molar-refractivity contribution in [3.63, 3.8) is 0 Å². The summed E-state index contributed by atoms with van der Waals surface area (Å²) in [6.45, 7) is 4.15. The van der Waals surface area contributed by atoms with Crippen LogP contribution in [0.1, 0.15) is 19.8 Å². The average Bonchev–Trinajstić information content (AvgIpc) is 2.57. The third-order valence-electron chi connectivity index (χ3n) is 2.06. The molecule has 1 fully saturated rings. The van der Waals surface area contributed by atoms with Gasteiger partial charge in [-0.15, -0.1) is 11.8 Å². The second-order valence-corrected chi connectivity index (χ2v) is 4.26. The summed E-state index contributed by atoms with van der Waals surface area (Å²) in [6.07, 6.45) is 2.40. The molecule has 2 heteroatoms. The van der Waals surface area contributed by atoms with Crippen molar-refractivity contribution in [2.24, 2.45) is 5.92 Å². The zero-order chi connectivity index (χ0) is 8.65. The molecule has 0 aromatic carbocycles. The lowest BCUT2D eigenvalue weighted by atomic mass is 10.1. The monoisotopic (exact) mass is 183 g/mol. The van der Waals surface area contributed by atoms with Crippen LogP contribution in [0.3, 0.4) is 0 Å². The first kappa shape index (κ1) is 9.95. The minimum absolute atomic E-state index is 0.921. The van der Waals surface area contributed by atoms with Gasteiger partial charge in [-0.25, -0.2) is 0 Å². The molecule has 0 spiro atoms. The van der Waals surface area contributed by atoms with E-state index >= 15 is 0 Å². The topological polar surface area (TPSA) is 12.0 Å². The third-order valence-corrected chi connectivity index (χ3v) is 3.29. The molecule has 1 atom stereocenters. The fourth-order valence-electron chi connectivity index (χ4n) is 1.33. The predicted octanol–water partition coefficient (Wildman–Crippen LogP) is 1.74. The van der Waals surface area contributed by atoms with E-state index in [1.807, 2.05) is 6.92 Å². The summed E-state index contributed by atoms with van der Waals surface area (Å²) < 4.78 is 0. The standard InChI is InChI=1S/C10H17NS/c1-2-3-4-6-11-8-10-5-7-12-9-10/h10-11H,4-9H2,1H3. The maximum atomic E-state index is 3.45.